The van der Waals surface area contributed by atoms with Crippen molar-refractivity contribution < 1.29 is 19.0 Å². The van der Waals surface area contributed by atoms with Crippen LogP contribution in [-0.4, -0.2) is 50.1 Å². The molecular formula is C14H19ClFN3O3. The third kappa shape index (κ3) is 4.22. The van der Waals surface area contributed by atoms with Crippen molar-refractivity contribution in [3.05, 3.63) is 23.0 Å². The van der Waals surface area contributed by atoms with Crippen molar-refractivity contribution in [1.82, 2.24) is 5.32 Å². The first-order chi connectivity index (χ1) is 10.5. The van der Waals surface area contributed by atoms with Crippen LogP contribution in [0.4, 0.5) is 20.6 Å². The van der Waals surface area contributed by atoms with Gasteiger partial charge in [-0.2, -0.15) is 0 Å². The number of nitrogens with zero attached hydrogens (tertiary/aromatic N) is 1. The number of morpholine rings is 1. The van der Waals surface area contributed by atoms with Gasteiger partial charge >= 0.3 is 6.03 Å². The van der Waals surface area contributed by atoms with E-state index in [2.05, 4.69) is 10.6 Å². The van der Waals surface area contributed by atoms with Crippen LogP contribution >= 0.6 is 11.6 Å². The largest absolute Gasteiger partial charge is 0.392 e. The smallest absolute Gasteiger partial charge is 0.319 e. The summed E-state index contributed by atoms with van der Waals surface area (Å²) in [4.78, 5) is 13.6. The number of hydrogen-bond donors (Lipinski definition) is 3. The summed E-state index contributed by atoms with van der Waals surface area (Å²) in [6.45, 7) is 3.66. The van der Waals surface area contributed by atoms with Gasteiger partial charge in [-0.15, -0.1) is 0 Å². The number of urea groups is 1. The maximum atomic E-state index is 14.4. The highest BCUT2D eigenvalue weighted by molar-refractivity contribution is 6.31. The molecule has 1 heterocycles. The van der Waals surface area contributed by atoms with E-state index in [0.717, 1.165) is 0 Å². The maximum Gasteiger partial charge on any atom is 0.319 e. The molecule has 1 atom stereocenters. The fourth-order valence-corrected chi connectivity index (χ4v) is 2.30. The van der Waals surface area contributed by atoms with Gasteiger partial charge in [-0.3, -0.25) is 0 Å². The van der Waals surface area contributed by atoms with Gasteiger partial charge < -0.3 is 25.4 Å². The zero-order valence-corrected chi connectivity index (χ0v) is 13.0. The lowest BCUT2D eigenvalue weighted by Gasteiger charge is -2.31. The molecule has 22 heavy (non-hydrogen) atoms. The van der Waals surface area contributed by atoms with Crippen molar-refractivity contribution >= 4 is 29.0 Å². The summed E-state index contributed by atoms with van der Waals surface area (Å²) in [5.74, 6) is -0.572. The molecule has 0 bridgehead atoms. The summed E-state index contributed by atoms with van der Waals surface area (Å²) in [6.07, 6.45) is -0.661. The highest BCUT2D eigenvalue weighted by Crippen LogP contribution is 2.34. The third-order valence-corrected chi connectivity index (χ3v) is 3.49. The standard InChI is InChI=1S/C14H19ClFN3O3/c1-9(20)8-17-14(21)18-11-3-2-10(15)12(16)13(11)19-4-6-22-7-5-19/h2-3,9,20H,4-8H2,1H3,(H2,17,18,21)/t9-/m1/s1. The van der Waals surface area contributed by atoms with Gasteiger partial charge in [0.25, 0.3) is 0 Å². The Morgan fingerprint density at radius 2 is 2.18 bits per heavy atom. The molecule has 0 aromatic heterocycles. The van der Waals surface area contributed by atoms with Crippen LogP contribution < -0.4 is 15.5 Å². The quantitative estimate of drug-likeness (QED) is 0.787. The predicted molar refractivity (Wildman–Crippen MR) is 83.1 cm³/mol. The van der Waals surface area contributed by atoms with Crippen molar-refractivity contribution in [2.24, 2.45) is 0 Å². The van der Waals surface area contributed by atoms with E-state index in [0.29, 0.717) is 32.0 Å². The second-order valence-electron chi connectivity index (χ2n) is 5.04. The third-order valence-electron chi connectivity index (χ3n) is 3.20. The fourth-order valence-electron chi connectivity index (χ4n) is 2.14. The Kier molecular flexibility index (Phi) is 5.82. The number of nitrogens with one attached hydrogen (secondary N) is 2. The molecule has 0 spiro atoms. The van der Waals surface area contributed by atoms with Crippen molar-refractivity contribution in [1.29, 1.82) is 0 Å². The second-order valence-corrected chi connectivity index (χ2v) is 5.45. The number of benzene rings is 1. The van der Waals surface area contributed by atoms with E-state index in [1.54, 1.807) is 17.9 Å². The molecule has 1 fully saturated rings. The lowest BCUT2D eigenvalue weighted by Crippen LogP contribution is -2.38. The minimum Gasteiger partial charge on any atom is -0.392 e. The van der Waals surface area contributed by atoms with Gasteiger partial charge in [0.1, 0.15) is 0 Å². The van der Waals surface area contributed by atoms with E-state index in [1.165, 1.54) is 6.07 Å². The Morgan fingerprint density at radius 1 is 1.50 bits per heavy atom. The van der Waals surface area contributed by atoms with Crippen LogP contribution in [0.5, 0.6) is 0 Å². The Hall–Kier alpha value is -1.57. The van der Waals surface area contributed by atoms with E-state index >= 15 is 0 Å². The normalized spacial score (nSPS) is 16.3. The van der Waals surface area contributed by atoms with Gasteiger partial charge in [0.15, 0.2) is 5.82 Å². The lowest BCUT2D eigenvalue weighted by atomic mass is 10.2. The minimum atomic E-state index is -0.661. The molecule has 1 saturated heterocycles. The molecule has 1 aromatic carbocycles. The molecule has 2 amide bonds. The van der Waals surface area contributed by atoms with Gasteiger partial charge in [-0.05, 0) is 19.1 Å². The van der Waals surface area contributed by atoms with Crippen LogP contribution in [-0.2, 0) is 4.74 Å². The topological polar surface area (TPSA) is 73.8 Å². The summed E-state index contributed by atoms with van der Waals surface area (Å²) in [7, 11) is 0. The summed E-state index contributed by atoms with van der Waals surface area (Å²) >= 11 is 5.85. The first-order valence-electron chi connectivity index (χ1n) is 7.02. The number of anilines is 2. The number of carbonyl (C=O) groups excluding carboxylic acids is 1. The zero-order chi connectivity index (χ0) is 16.1. The molecule has 0 aliphatic carbocycles. The highest BCUT2D eigenvalue weighted by Gasteiger charge is 2.22. The number of aliphatic hydroxyl groups is 1. The molecule has 122 valence electrons. The van der Waals surface area contributed by atoms with Crippen molar-refractivity contribution in [3.8, 4) is 0 Å². The number of halogens is 2. The highest BCUT2D eigenvalue weighted by atomic mass is 35.5. The molecule has 0 radical (unpaired) electrons. The SMILES string of the molecule is C[C@@H](O)CNC(=O)Nc1ccc(Cl)c(F)c1N1CCOCC1. The summed E-state index contributed by atoms with van der Waals surface area (Å²) < 4.78 is 19.6. The summed E-state index contributed by atoms with van der Waals surface area (Å²) in [6, 6.07) is 2.43. The van der Waals surface area contributed by atoms with Crippen LogP contribution in [0.3, 0.4) is 0 Å². The molecule has 2 rings (SSSR count). The van der Waals surface area contributed by atoms with Crippen molar-refractivity contribution in [3.63, 3.8) is 0 Å². The van der Waals surface area contributed by atoms with Crippen LogP contribution in [0.25, 0.3) is 0 Å². The van der Waals surface area contributed by atoms with E-state index in [-0.39, 0.29) is 17.3 Å². The Morgan fingerprint density at radius 3 is 2.82 bits per heavy atom. The number of rotatable bonds is 4. The Bertz CT molecular complexity index is 536. The van der Waals surface area contributed by atoms with Crippen LogP contribution in [0.15, 0.2) is 12.1 Å². The average Bonchev–Trinajstić information content (AvgIpc) is 2.50. The van der Waals surface area contributed by atoms with E-state index in [9.17, 15) is 9.18 Å². The van der Waals surface area contributed by atoms with Gasteiger partial charge in [-0.1, -0.05) is 11.6 Å². The minimum absolute atomic E-state index is 0.00331. The van der Waals surface area contributed by atoms with Gasteiger partial charge in [-0.25, -0.2) is 9.18 Å². The van der Waals surface area contributed by atoms with Gasteiger partial charge in [0.2, 0.25) is 0 Å². The summed E-state index contributed by atoms with van der Waals surface area (Å²) in [5.41, 5.74) is 0.579. The first kappa shape index (κ1) is 16.8. The molecular weight excluding hydrogens is 313 g/mol. The van der Waals surface area contributed by atoms with E-state index in [4.69, 9.17) is 21.4 Å². The van der Waals surface area contributed by atoms with E-state index < -0.39 is 18.0 Å². The number of amides is 2. The second kappa shape index (κ2) is 7.62. The lowest BCUT2D eigenvalue weighted by molar-refractivity contribution is 0.122. The fraction of sp³-hybridized carbons (Fsp3) is 0.500. The molecule has 8 heteroatoms. The maximum absolute atomic E-state index is 14.4. The number of aliphatic hydroxyl groups excluding tert-OH is 1. The number of carbonyl (C=O) groups is 1. The number of ether oxygens (including phenoxy) is 1. The van der Waals surface area contributed by atoms with Gasteiger partial charge in [0, 0.05) is 19.6 Å². The van der Waals surface area contributed by atoms with Crippen molar-refractivity contribution in [2.75, 3.05) is 43.1 Å². The predicted octanol–water partition coefficient (Wildman–Crippen LogP) is 1.82. The molecule has 1 aliphatic rings. The average molecular weight is 332 g/mol. The van der Waals surface area contributed by atoms with Crippen molar-refractivity contribution in [2.45, 2.75) is 13.0 Å². The van der Waals surface area contributed by atoms with Gasteiger partial charge in [0.05, 0.1) is 35.7 Å². The molecule has 0 unspecified atom stereocenters. The number of hydrogen-bond acceptors (Lipinski definition) is 4. The van der Waals surface area contributed by atoms with Crippen LogP contribution in [0.1, 0.15) is 6.92 Å². The molecule has 3 N–H and O–H groups in total. The van der Waals surface area contributed by atoms with Crippen LogP contribution in [0.2, 0.25) is 5.02 Å². The Balaban J connectivity index is 2.19. The summed E-state index contributed by atoms with van der Waals surface area (Å²) in [5, 5.41) is 14.2. The molecule has 1 aromatic rings. The first-order valence-corrected chi connectivity index (χ1v) is 7.40. The molecule has 0 saturated carbocycles. The Labute approximate surface area is 133 Å². The monoisotopic (exact) mass is 331 g/mol. The van der Waals surface area contributed by atoms with E-state index in [1.807, 2.05) is 0 Å². The zero-order valence-electron chi connectivity index (χ0n) is 12.2. The molecule has 1 aliphatic heterocycles. The molecule has 6 nitrogen and oxygen atoms in total. The van der Waals surface area contributed by atoms with Crippen LogP contribution in [0, 0.1) is 5.82 Å².